The lowest BCUT2D eigenvalue weighted by Crippen LogP contribution is -2.45. The van der Waals surface area contributed by atoms with Gasteiger partial charge < -0.3 is 14.4 Å². The van der Waals surface area contributed by atoms with E-state index in [-0.39, 0.29) is 30.6 Å². The third-order valence-electron chi connectivity index (χ3n) is 5.90. The minimum Gasteiger partial charge on any atom is -0.459 e. The van der Waals surface area contributed by atoms with Crippen molar-refractivity contribution < 1.29 is 19.1 Å². The van der Waals surface area contributed by atoms with Gasteiger partial charge in [-0.05, 0) is 39.7 Å². The average Bonchev–Trinajstić information content (AvgIpc) is 3.12. The Labute approximate surface area is 148 Å². The van der Waals surface area contributed by atoms with Crippen molar-refractivity contribution >= 4 is 11.9 Å². The molecule has 1 spiro atoms. The summed E-state index contributed by atoms with van der Waals surface area (Å²) in [6, 6.07) is 9.86. The van der Waals surface area contributed by atoms with E-state index in [9.17, 15) is 9.59 Å². The number of likely N-dealkylation sites (tertiary alicyclic amines) is 1. The van der Waals surface area contributed by atoms with Crippen LogP contribution in [0.3, 0.4) is 0 Å². The van der Waals surface area contributed by atoms with Gasteiger partial charge in [-0.15, -0.1) is 0 Å². The molecule has 2 heterocycles. The molecular weight excluding hydrogens is 318 g/mol. The maximum absolute atomic E-state index is 13.3. The van der Waals surface area contributed by atoms with Crippen molar-refractivity contribution in [3.05, 3.63) is 35.9 Å². The second-order valence-electron chi connectivity index (χ2n) is 8.58. The number of amides is 1. The lowest BCUT2D eigenvalue weighted by molar-refractivity contribution is -0.171. The van der Waals surface area contributed by atoms with Crippen LogP contribution in [0, 0.1) is 10.8 Å². The van der Waals surface area contributed by atoms with Crippen LogP contribution in [0.5, 0.6) is 0 Å². The van der Waals surface area contributed by atoms with E-state index in [1.165, 1.54) is 0 Å². The van der Waals surface area contributed by atoms with Crippen molar-refractivity contribution in [1.29, 1.82) is 0 Å². The summed E-state index contributed by atoms with van der Waals surface area (Å²) in [5.74, 6) is -0.256. The van der Waals surface area contributed by atoms with Crippen LogP contribution < -0.4 is 0 Å². The Hall–Kier alpha value is -1.88. The van der Waals surface area contributed by atoms with Gasteiger partial charge in [0.1, 0.15) is 11.0 Å². The highest BCUT2D eigenvalue weighted by molar-refractivity contribution is 5.99. The van der Waals surface area contributed by atoms with Gasteiger partial charge in [0.25, 0.3) is 0 Å². The molecule has 0 aromatic heterocycles. The Bertz CT molecular complexity index is 725. The fourth-order valence-electron chi connectivity index (χ4n) is 4.45. The monoisotopic (exact) mass is 343 g/mol. The molecule has 3 fully saturated rings. The van der Waals surface area contributed by atoms with Crippen LogP contribution in [0.1, 0.15) is 45.7 Å². The molecule has 2 aliphatic heterocycles. The summed E-state index contributed by atoms with van der Waals surface area (Å²) in [5, 5.41) is 0. The van der Waals surface area contributed by atoms with E-state index in [2.05, 4.69) is 0 Å². The van der Waals surface area contributed by atoms with Gasteiger partial charge in [-0.1, -0.05) is 30.3 Å². The highest BCUT2D eigenvalue weighted by Crippen LogP contribution is 2.70. The molecule has 0 N–H and O–H groups in total. The molecule has 4 rings (SSSR count). The fourth-order valence-corrected chi connectivity index (χ4v) is 4.45. The van der Waals surface area contributed by atoms with Gasteiger partial charge in [-0.25, -0.2) is 0 Å². The molecule has 2 saturated heterocycles. The first-order chi connectivity index (χ1) is 11.7. The van der Waals surface area contributed by atoms with Gasteiger partial charge in [-0.2, -0.15) is 0 Å². The van der Waals surface area contributed by atoms with E-state index in [0.29, 0.717) is 13.0 Å². The maximum Gasteiger partial charge on any atom is 0.317 e. The lowest BCUT2D eigenvalue weighted by Gasteiger charge is -2.31. The molecule has 5 heteroatoms. The molecule has 5 nitrogen and oxygen atoms in total. The number of ether oxygens (including phenoxy) is 2. The Morgan fingerprint density at radius 3 is 2.60 bits per heavy atom. The molecule has 3 aliphatic rings. The van der Waals surface area contributed by atoms with E-state index in [1.807, 2.05) is 62.9 Å². The first kappa shape index (κ1) is 16.6. The normalized spacial score (nSPS) is 34.5. The van der Waals surface area contributed by atoms with Crippen molar-refractivity contribution in [2.45, 2.75) is 51.9 Å². The van der Waals surface area contributed by atoms with Gasteiger partial charge in [0.05, 0.1) is 24.2 Å². The maximum atomic E-state index is 13.3. The third kappa shape index (κ3) is 2.18. The molecule has 0 bridgehead atoms. The van der Waals surface area contributed by atoms with Crippen molar-refractivity contribution in [3.63, 3.8) is 0 Å². The zero-order chi connectivity index (χ0) is 18.0. The van der Waals surface area contributed by atoms with Gasteiger partial charge in [0.15, 0.2) is 0 Å². The number of rotatable bonds is 3. The average molecular weight is 343 g/mol. The number of benzene rings is 1. The van der Waals surface area contributed by atoms with E-state index < -0.39 is 16.4 Å². The van der Waals surface area contributed by atoms with Crippen LogP contribution in [0.25, 0.3) is 0 Å². The predicted octanol–water partition coefficient (Wildman–Crippen LogP) is 2.71. The molecule has 134 valence electrons. The van der Waals surface area contributed by atoms with Crippen molar-refractivity contribution in [3.8, 4) is 0 Å². The summed E-state index contributed by atoms with van der Waals surface area (Å²) in [7, 11) is 0. The van der Waals surface area contributed by atoms with Gasteiger partial charge >= 0.3 is 5.97 Å². The second-order valence-corrected chi connectivity index (χ2v) is 8.58. The van der Waals surface area contributed by atoms with Crippen LogP contribution in [0.15, 0.2) is 30.3 Å². The Balaban J connectivity index is 1.67. The first-order valence-corrected chi connectivity index (χ1v) is 8.92. The quantitative estimate of drug-likeness (QED) is 0.792. The van der Waals surface area contributed by atoms with Crippen molar-refractivity contribution in [2.24, 2.45) is 10.8 Å². The molecule has 2 unspecified atom stereocenters. The number of nitrogens with zero attached hydrogens (tertiary/aromatic N) is 1. The zero-order valence-corrected chi connectivity index (χ0v) is 15.2. The Morgan fingerprint density at radius 2 is 2.00 bits per heavy atom. The number of esters is 1. The summed E-state index contributed by atoms with van der Waals surface area (Å²) in [6.45, 7) is 8.23. The van der Waals surface area contributed by atoms with Crippen LogP contribution in [0.2, 0.25) is 0 Å². The van der Waals surface area contributed by atoms with Gasteiger partial charge in [0.2, 0.25) is 5.91 Å². The summed E-state index contributed by atoms with van der Waals surface area (Å²) >= 11 is 0. The number of hydrogen-bond acceptors (Lipinski definition) is 4. The largest absolute Gasteiger partial charge is 0.459 e. The number of hydrogen-bond donors (Lipinski definition) is 0. The molecule has 0 radical (unpaired) electrons. The highest BCUT2D eigenvalue weighted by Gasteiger charge is 2.84. The Morgan fingerprint density at radius 1 is 1.32 bits per heavy atom. The van der Waals surface area contributed by atoms with Gasteiger partial charge in [-0.3, -0.25) is 9.59 Å². The lowest BCUT2D eigenvalue weighted by atomic mass is 9.76. The van der Waals surface area contributed by atoms with Gasteiger partial charge in [0, 0.05) is 6.54 Å². The second kappa shape index (κ2) is 5.07. The molecule has 1 aromatic rings. The third-order valence-corrected chi connectivity index (χ3v) is 5.90. The fraction of sp³-hybridized carbons (Fsp3) is 0.600. The summed E-state index contributed by atoms with van der Waals surface area (Å²) in [6.07, 6.45) is 0.490. The van der Waals surface area contributed by atoms with Crippen LogP contribution in [0.4, 0.5) is 0 Å². The zero-order valence-electron chi connectivity index (χ0n) is 15.2. The van der Waals surface area contributed by atoms with E-state index >= 15 is 0 Å². The van der Waals surface area contributed by atoms with Crippen LogP contribution >= 0.6 is 0 Å². The van der Waals surface area contributed by atoms with E-state index in [0.717, 1.165) is 5.56 Å². The molecule has 4 atom stereocenters. The Kier molecular flexibility index (Phi) is 3.36. The van der Waals surface area contributed by atoms with E-state index in [1.54, 1.807) is 0 Å². The minimum atomic E-state index is -0.870. The molecule has 1 amide bonds. The first-order valence-electron chi connectivity index (χ1n) is 8.92. The summed E-state index contributed by atoms with van der Waals surface area (Å²) < 4.78 is 11.5. The van der Waals surface area contributed by atoms with Crippen LogP contribution in [-0.2, 0) is 19.1 Å². The summed E-state index contributed by atoms with van der Waals surface area (Å²) in [5.41, 5.74) is -1.09. The SMILES string of the molecule is C[C@H](c1ccccc1)N1C[C@]2(C(=O)OC(C)(C)C)COC3CC32C1=O. The topological polar surface area (TPSA) is 55.8 Å². The standard InChI is InChI=1S/C20H25NO4/c1-13(14-8-6-5-7-9-14)21-11-19(17(23)25-18(2,3)4)12-24-15-10-20(15,19)16(21)22/h5-9,13,15H,10-12H2,1-4H3/t13-,15?,19-,20?/m1/s1. The molecule has 1 aliphatic carbocycles. The molecule has 25 heavy (non-hydrogen) atoms. The summed E-state index contributed by atoms with van der Waals surface area (Å²) in [4.78, 5) is 28.2. The molecule has 1 saturated carbocycles. The van der Waals surface area contributed by atoms with Crippen molar-refractivity contribution in [2.75, 3.05) is 13.2 Å². The van der Waals surface area contributed by atoms with E-state index in [4.69, 9.17) is 9.47 Å². The number of carbonyl (C=O) groups excluding carboxylic acids is 2. The minimum absolute atomic E-state index is 0.0391. The number of carbonyl (C=O) groups is 2. The highest BCUT2D eigenvalue weighted by atomic mass is 16.6. The predicted molar refractivity (Wildman–Crippen MR) is 91.6 cm³/mol. The smallest absolute Gasteiger partial charge is 0.317 e. The molecular formula is C20H25NO4. The van der Waals surface area contributed by atoms with Crippen LogP contribution in [-0.4, -0.2) is 41.6 Å². The molecule has 1 aromatic carbocycles. The van der Waals surface area contributed by atoms with Crippen molar-refractivity contribution in [1.82, 2.24) is 4.90 Å².